The molecule has 1 fully saturated rings. The van der Waals surface area contributed by atoms with Crippen LogP contribution in [-0.4, -0.2) is 70.2 Å². The fraction of sp³-hybridized carbons (Fsp3) is 0.692. The Hall–Kier alpha value is -2.16. The van der Waals surface area contributed by atoms with Crippen molar-refractivity contribution in [2.45, 2.75) is 31.4 Å². The number of carbonyl (C=O) groups excluding carboxylic acids is 1. The van der Waals surface area contributed by atoms with E-state index in [1.165, 1.54) is 9.80 Å². The Morgan fingerprint density at radius 1 is 1.24 bits per heavy atom. The van der Waals surface area contributed by atoms with Crippen molar-refractivity contribution in [2.75, 3.05) is 26.2 Å². The van der Waals surface area contributed by atoms with Crippen LogP contribution < -0.4 is 0 Å². The van der Waals surface area contributed by atoms with Gasteiger partial charge in [-0.15, -0.1) is 0 Å². The zero-order valence-electron chi connectivity index (χ0n) is 11.6. The molecular weight excluding hydrogens is 276 g/mol. The number of hydrogen-bond acceptors (Lipinski definition) is 6. The third-order valence-electron chi connectivity index (χ3n) is 3.34. The van der Waals surface area contributed by atoms with Crippen LogP contribution in [0.1, 0.15) is 19.3 Å². The van der Waals surface area contributed by atoms with Crippen molar-refractivity contribution in [3.63, 3.8) is 0 Å². The summed E-state index contributed by atoms with van der Waals surface area (Å²) in [4.78, 5) is 26.1. The van der Waals surface area contributed by atoms with Gasteiger partial charge < -0.3 is 15.1 Å². The van der Waals surface area contributed by atoms with Gasteiger partial charge in [-0.2, -0.15) is 10.5 Å². The molecule has 1 amide bonds. The lowest BCUT2D eigenvalue weighted by molar-refractivity contribution is -0.143. The highest BCUT2D eigenvalue weighted by Crippen LogP contribution is 2.18. The molecule has 0 saturated carbocycles. The number of hydrogen-bond donors (Lipinski definition) is 2. The van der Waals surface area contributed by atoms with Crippen LogP contribution in [-0.2, 0) is 9.59 Å². The van der Waals surface area contributed by atoms with Crippen molar-refractivity contribution in [2.24, 2.45) is 0 Å². The molecule has 1 heterocycles. The number of nitriles is 2. The van der Waals surface area contributed by atoms with Crippen LogP contribution in [0.2, 0.25) is 0 Å². The first-order valence-corrected chi connectivity index (χ1v) is 6.66. The summed E-state index contributed by atoms with van der Waals surface area (Å²) in [7, 11) is 0. The van der Waals surface area contributed by atoms with Gasteiger partial charge in [0.2, 0.25) is 5.91 Å². The summed E-state index contributed by atoms with van der Waals surface area (Å²) in [5, 5.41) is 35.8. The molecule has 2 atom stereocenters. The predicted octanol–water partition coefficient (Wildman–Crippen LogP) is -0.838. The van der Waals surface area contributed by atoms with Crippen LogP contribution in [0, 0.1) is 22.7 Å². The normalized spacial score (nSPS) is 21.5. The molecule has 114 valence electrons. The first-order chi connectivity index (χ1) is 9.99. The van der Waals surface area contributed by atoms with E-state index in [0.29, 0.717) is 0 Å². The monoisotopic (exact) mass is 294 g/mol. The maximum Gasteiger partial charge on any atom is 0.321 e. The first-order valence-electron chi connectivity index (χ1n) is 6.66. The number of carboxylic acids is 1. The number of carboxylic acid groups (broad SMARTS) is 1. The van der Waals surface area contributed by atoms with E-state index in [9.17, 15) is 14.7 Å². The van der Waals surface area contributed by atoms with Gasteiger partial charge in [-0.1, -0.05) is 0 Å². The number of nitrogens with zero attached hydrogens (tertiary/aromatic N) is 4. The zero-order valence-corrected chi connectivity index (χ0v) is 11.6. The summed E-state index contributed by atoms with van der Waals surface area (Å²) in [5.41, 5.74) is 0. The van der Waals surface area contributed by atoms with Gasteiger partial charge >= 0.3 is 5.97 Å². The zero-order chi connectivity index (χ0) is 15.8. The molecule has 1 saturated heterocycles. The highest BCUT2D eigenvalue weighted by molar-refractivity contribution is 5.80. The Bertz CT molecular complexity index is 450. The lowest BCUT2D eigenvalue weighted by Crippen LogP contribution is -2.45. The Kier molecular flexibility index (Phi) is 6.60. The van der Waals surface area contributed by atoms with Crippen LogP contribution in [0.15, 0.2) is 0 Å². The average molecular weight is 294 g/mol. The molecular formula is C13H18N4O4. The largest absolute Gasteiger partial charge is 0.480 e. The molecule has 1 aliphatic heterocycles. The molecule has 2 N–H and O–H groups in total. The van der Waals surface area contributed by atoms with Gasteiger partial charge in [-0.3, -0.25) is 14.5 Å². The number of amides is 1. The lowest BCUT2D eigenvalue weighted by atomic mass is 10.2. The summed E-state index contributed by atoms with van der Waals surface area (Å²) < 4.78 is 0. The van der Waals surface area contributed by atoms with Crippen molar-refractivity contribution < 1.29 is 19.8 Å². The van der Waals surface area contributed by atoms with E-state index in [2.05, 4.69) is 0 Å². The van der Waals surface area contributed by atoms with E-state index in [1.807, 2.05) is 12.1 Å². The van der Waals surface area contributed by atoms with Crippen LogP contribution in [0.25, 0.3) is 0 Å². The van der Waals surface area contributed by atoms with Crippen LogP contribution in [0.4, 0.5) is 0 Å². The van der Waals surface area contributed by atoms with Gasteiger partial charge in [0.25, 0.3) is 0 Å². The van der Waals surface area contributed by atoms with E-state index < -0.39 is 18.1 Å². The summed E-state index contributed by atoms with van der Waals surface area (Å²) in [6.45, 7) is 0.425. The van der Waals surface area contributed by atoms with Crippen molar-refractivity contribution in [1.29, 1.82) is 10.5 Å². The van der Waals surface area contributed by atoms with Gasteiger partial charge in [-0.25, -0.2) is 0 Å². The fourth-order valence-electron chi connectivity index (χ4n) is 2.32. The number of aliphatic hydroxyl groups excluding tert-OH is 1. The average Bonchev–Trinajstić information content (AvgIpc) is 2.79. The lowest BCUT2D eigenvalue weighted by Gasteiger charge is -2.25. The van der Waals surface area contributed by atoms with Crippen LogP contribution >= 0.6 is 0 Å². The number of β-amino-alcohol motifs (C(OH)–C–C–N with tert-alkyl or cyclic N) is 1. The highest BCUT2D eigenvalue weighted by Gasteiger charge is 2.37. The molecule has 1 aliphatic rings. The SMILES string of the molecule is N#CCCN(CCC#N)C(=O)CN1CC(O)CC1C(=O)O. The van der Waals surface area contributed by atoms with Crippen LogP contribution in [0.3, 0.4) is 0 Å². The summed E-state index contributed by atoms with van der Waals surface area (Å²) in [6, 6.07) is 2.99. The van der Waals surface area contributed by atoms with E-state index in [-0.39, 0.29) is 51.3 Å². The fourth-order valence-corrected chi connectivity index (χ4v) is 2.32. The molecule has 0 aromatic heterocycles. The predicted molar refractivity (Wildman–Crippen MR) is 70.7 cm³/mol. The summed E-state index contributed by atoms with van der Waals surface area (Å²) in [5.74, 6) is -1.40. The summed E-state index contributed by atoms with van der Waals surface area (Å²) >= 11 is 0. The molecule has 0 spiro atoms. The minimum atomic E-state index is -1.07. The van der Waals surface area contributed by atoms with E-state index in [0.717, 1.165) is 0 Å². The molecule has 8 heteroatoms. The Morgan fingerprint density at radius 2 is 1.81 bits per heavy atom. The molecule has 0 aliphatic carbocycles. The number of aliphatic hydroxyl groups is 1. The second-order valence-corrected chi connectivity index (χ2v) is 4.87. The maximum atomic E-state index is 12.2. The van der Waals surface area contributed by atoms with Crippen molar-refractivity contribution >= 4 is 11.9 Å². The number of rotatable bonds is 7. The van der Waals surface area contributed by atoms with Crippen molar-refractivity contribution in [1.82, 2.24) is 9.80 Å². The maximum absolute atomic E-state index is 12.2. The number of carbonyl (C=O) groups is 2. The molecule has 0 aromatic rings. The summed E-state index contributed by atoms with van der Waals surface area (Å²) in [6.07, 6.45) is -0.353. The molecule has 8 nitrogen and oxygen atoms in total. The highest BCUT2D eigenvalue weighted by atomic mass is 16.4. The van der Waals surface area contributed by atoms with Gasteiger partial charge in [-0.05, 0) is 0 Å². The Morgan fingerprint density at radius 3 is 2.29 bits per heavy atom. The second-order valence-electron chi connectivity index (χ2n) is 4.87. The van der Waals surface area contributed by atoms with Crippen molar-refractivity contribution in [3.05, 3.63) is 0 Å². The first kappa shape index (κ1) is 16.9. The van der Waals surface area contributed by atoms with Gasteiger partial charge in [0.15, 0.2) is 0 Å². The standard InChI is InChI=1S/C13H18N4O4/c14-3-1-5-16(6-2-4-15)12(19)9-17-8-10(18)7-11(17)13(20)21/h10-11,18H,1-2,5-9H2,(H,20,21). The van der Waals surface area contributed by atoms with Crippen molar-refractivity contribution in [3.8, 4) is 12.1 Å². The number of likely N-dealkylation sites (tertiary alicyclic amines) is 1. The quantitative estimate of drug-likeness (QED) is 0.626. The third kappa shape index (κ3) is 5.03. The molecule has 0 bridgehead atoms. The van der Waals surface area contributed by atoms with Gasteiger partial charge in [0.05, 0.1) is 37.6 Å². The molecule has 21 heavy (non-hydrogen) atoms. The van der Waals surface area contributed by atoms with Crippen LogP contribution in [0.5, 0.6) is 0 Å². The molecule has 1 rings (SSSR count). The third-order valence-corrected chi connectivity index (χ3v) is 3.34. The Balaban J connectivity index is 2.64. The van der Waals surface area contributed by atoms with E-state index >= 15 is 0 Å². The molecule has 2 unspecified atom stereocenters. The van der Waals surface area contributed by atoms with E-state index in [4.69, 9.17) is 15.6 Å². The second kappa shape index (κ2) is 8.20. The minimum absolute atomic E-state index is 0.0962. The Labute approximate surface area is 122 Å². The molecule has 0 aromatic carbocycles. The van der Waals surface area contributed by atoms with E-state index in [1.54, 1.807) is 0 Å². The van der Waals surface area contributed by atoms with Gasteiger partial charge in [0, 0.05) is 26.1 Å². The topological polar surface area (TPSA) is 129 Å². The molecule has 0 radical (unpaired) electrons. The van der Waals surface area contributed by atoms with Gasteiger partial charge in [0.1, 0.15) is 6.04 Å². The minimum Gasteiger partial charge on any atom is -0.480 e. The smallest absolute Gasteiger partial charge is 0.321 e. The number of aliphatic carboxylic acids is 1.